The molecule has 0 aromatic heterocycles. The van der Waals surface area contributed by atoms with Gasteiger partial charge in [-0.05, 0) is 12.8 Å². The average Bonchev–Trinajstić information content (AvgIpc) is 2.34. The Labute approximate surface area is 117 Å². The van der Waals surface area contributed by atoms with E-state index >= 15 is 0 Å². The highest BCUT2D eigenvalue weighted by Crippen LogP contribution is 1.93. The van der Waals surface area contributed by atoms with E-state index in [1.165, 1.54) is 6.92 Å². The minimum absolute atomic E-state index is 0.101. The van der Waals surface area contributed by atoms with Gasteiger partial charge in [-0.25, -0.2) is 9.59 Å². The zero-order valence-corrected chi connectivity index (χ0v) is 12.0. The molecular weight excluding hydrogens is 266 g/mol. The molecule has 0 rings (SSSR count). The molecule has 0 aliphatic rings. The molecule has 3 amide bonds. The van der Waals surface area contributed by atoms with Crippen molar-refractivity contribution >= 4 is 17.9 Å². The van der Waals surface area contributed by atoms with E-state index in [2.05, 4.69) is 16.0 Å². The molecule has 0 radical (unpaired) electrons. The van der Waals surface area contributed by atoms with E-state index in [1.807, 2.05) is 13.8 Å². The van der Waals surface area contributed by atoms with E-state index in [9.17, 15) is 14.4 Å². The van der Waals surface area contributed by atoms with Gasteiger partial charge in [0.15, 0.2) is 0 Å². The zero-order chi connectivity index (χ0) is 15.7. The van der Waals surface area contributed by atoms with Crippen molar-refractivity contribution in [2.45, 2.75) is 39.3 Å². The molecule has 0 saturated carbocycles. The molecule has 0 fully saturated rings. The summed E-state index contributed by atoms with van der Waals surface area (Å²) in [4.78, 5) is 33.9. The van der Waals surface area contributed by atoms with Crippen LogP contribution < -0.4 is 16.0 Å². The summed E-state index contributed by atoms with van der Waals surface area (Å²) in [5.41, 5.74) is 0. The van der Waals surface area contributed by atoms with Crippen molar-refractivity contribution in [1.82, 2.24) is 16.0 Å². The SMILES string of the molecule is CC(C)CNC(=O)C(C)NC(=O)N[C@@H](CCO)C(=O)O. The van der Waals surface area contributed by atoms with Crippen LogP contribution in [-0.4, -0.2) is 53.4 Å². The van der Waals surface area contributed by atoms with Crippen LogP contribution in [0.15, 0.2) is 0 Å². The summed E-state index contributed by atoms with van der Waals surface area (Å²) in [6.07, 6.45) is -0.101. The third-order valence-corrected chi connectivity index (χ3v) is 2.45. The molecule has 0 aliphatic carbocycles. The fourth-order valence-corrected chi connectivity index (χ4v) is 1.31. The van der Waals surface area contributed by atoms with E-state index in [-0.39, 0.29) is 18.9 Å². The number of carbonyl (C=O) groups excluding carboxylic acids is 2. The first-order chi connectivity index (χ1) is 9.27. The summed E-state index contributed by atoms with van der Waals surface area (Å²) in [5, 5.41) is 24.7. The number of aliphatic carboxylic acids is 1. The minimum atomic E-state index is -1.24. The van der Waals surface area contributed by atoms with Crippen LogP contribution in [0.3, 0.4) is 0 Å². The predicted octanol–water partition coefficient (Wildman–Crippen LogP) is -0.718. The van der Waals surface area contributed by atoms with Crippen molar-refractivity contribution < 1.29 is 24.6 Å². The van der Waals surface area contributed by atoms with Crippen LogP contribution in [-0.2, 0) is 9.59 Å². The van der Waals surface area contributed by atoms with Crippen molar-refractivity contribution in [1.29, 1.82) is 0 Å². The molecule has 8 nitrogen and oxygen atoms in total. The lowest BCUT2D eigenvalue weighted by Crippen LogP contribution is -2.52. The summed E-state index contributed by atoms with van der Waals surface area (Å²) in [7, 11) is 0. The highest BCUT2D eigenvalue weighted by atomic mass is 16.4. The number of carbonyl (C=O) groups is 3. The maximum atomic E-state index is 11.6. The van der Waals surface area contributed by atoms with E-state index in [0.29, 0.717) is 12.5 Å². The summed E-state index contributed by atoms with van der Waals surface area (Å²) in [6.45, 7) is 5.52. The number of urea groups is 1. The van der Waals surface area contributed by atoms with Crippen LogP contribution in [0, 0.1) is 5.92 Å². The lowest BCUT2D eigenvalue weighted by atomic mass is 10.2. The lowest BCUT2D eigenvalue weighted by Gasteiger charge is -2.18. The maximum absolute atomic E-state index is 11.6. The van der Waals surface area contributed by atoms with Crippen molar-refractivity contribution in [3.8, 4) is 0 Å². The second kappa shape index (κ2) is 9.13. The molecular formula is C12H23N3O5. The number of nitrogens with one attached hydrogen (secondary N) is 3. The van der Waals surface area contributed by atoms with Gasteiger partial charge in [0, 0.05) is 19.6 Å². The molecule has 0 saturated heterocycles. The number of aliphatic hydroxyl groups excluding tert-OH is 1. The quantitative estimate of drug-likeness (QED) is 0.403. The summed E-state index contributed by atoms with van der Waals surface area (Å²) < 4.78 is 0. The van der Waals surface area contributed by atoms with Crippen LogP contribution in [0.2, 0.25) is 0 Å². The fourth-order valence-electron chi connectivity index (χ4n) is 1.31. The third kappa shape index (κ3) is 7.57. The Bertz CT molecular complexity index is 346. The first-order valence-corrected chi connectivity index (χ1v) is 6.46. The van der Waals surface area contributed by atoms with Gasteiger partial charge in [-0.15, -0.1) is 0 Å². The lowest BCUT2D eigenvalue weighted by molar-refractivity contribution is -0.139. The fraction of sp³-hybridized carbons (Fsp3) is 0.750. The molecule has 2 atom stereocenters. The molecule has 8 heteroatoms. The number of carboxylic acid groups (broad SMARTS) is 1. The number of carboxylic acids is 1. The molecule has 0 aliphatic heterocycles. The Kier molecular flexibility index (Phi) is 8.30. The molecule has 5 N–H and O–H groups in total. The highest BCUT2D eigenvalue weighted by Gasteiger charge is 2.21. The Hall–Kier alpha value is -1.83. The third-order valence-electron chi connectivity index (χ3n) is 2.45. The topological polar surface area (TPSA) is 128 Å². The van der Waals surface area contributed by atoms with Crippen LogP contribution in [0.1, 0.15) is 27.2 Å². The van der Waals surface area contributed by atoms with Crippen LogP contribution in [0.25, 0.3) is 0 Å². The monoisotopic (exact) mass is 289 g/mol. The van der Waals surface area contributed by atoms with Gasteiger partial charge in [0.25, 0.3) is 0 Å². The van der Waals surface area contributed by atoms with Gasteiger partial charge in [-0.2, -0.15) is 0 Å². The summed E-state index contributed by atoms with van der Waals surface area (Å²) in [6, 6.07) is -2.73. The number of amides is 3. The molecule has 116 valence electrons. The molecule has 0 spiro atoms. The average molecular weight is 289 g/mol. The van der Waals surface area contributed by atoms with Crippen LogP contribution >= 0.6 is 0 Å². The Morgan fingerprint density at radius 2 is 1.70 bits per heavy atom. The summed E-state index contributed by atoms with van der Waals surface area (Å²) >= 11 is 0. The Balaban J connectivity index is 4.23. The van der Waals surface area contributed by atoms with Gasteiger partial charge < -0.3 is 26.2 Å². The second-order valence-electron chi connectivity index (χ2n) is 4.88. The number of rotatable bonds is 8. The smallest absolute Gasteiger partial charge is 0.326 e. The molecule has 20 heavy (non-hydrogen) atoms. The van der Waals surface area contributed by atoms with Gasteiger partial charge >= 0.3 is 12.0 Å². The molecule has 0 aromatic rings. The standard InChI is InChI=1S/C12H23N3O5/c1-7(2)6-13-10(17)8(3)14-12(20)15-9(4-5-16)11(18)19/h7-9,16H,4-6H2,1-3H3,(H,13,17)(H,18,19)(H2,14,15,20)/t8?,9-/m0/s1. The van der Waals surface area contributed by atoms with Crippen molar-refractivity contribution in [2.24, 2.45) is 5.92 Å². The zero-order valence-electron chi connectivity index (χ0n) is 12.0. The molecule has 0 bridgehead atoms. The van der Waals surface area contributed by atoms with Gasteiger partial charge in [0.1, 0.15) is 12.1 Å². The first-order valence-electron chi connectivity index (χ1n) is 6.46. The molecule has 1 unspecified atom stereocenters. The van der Waals surface area contributed by atoms with E-state index in [1.54, 1.807) is 0 Å². The van der Waals surface area contributed by atoms with E-state index in [0.717, 1.165) is 0 Å². The van der Waals surface area contributed by atoms with E-state index in [4.69, 9.17) is 10.2 Å². The normalized spacial score (nSPS) is 13.4. The number of hydrogen-bond donors (Lipinski definition) is 5. The van der Waals surface area contributed by atoms with Crippen molar-refractivity contribution in [3.63, 3.8) is 0 Å². The van der Waals surface area contributed by atoms with Gasteiger partial charge in [0.2, 0.25) is 5.91 Å². The van der Waals surface area contributed by atoms with Gasteiger partial charge in [-0.1, -0.05) is 13.8 Å². The first kappa shape index (κ1) is 18.2. The Morgan fingerprint density at radius 1 is 1.10 bits per heavy atom. The molecule has 0 aromatic carbocycles. The number of hydrogen-bond acceptors (Lipinski definition) is 4. The predicted molar refractivity (Wildman–Crippen MR) is 72.1 cm³/mol. The number of aliphatic hydroxyl groups is 1. The molecule has 0 heterocycles. The van der Waals surface area contributed by atoms with Gasteiger partial charge in [-0.3, -0.25) is 4.79 Å². The minimum Gasteiger partial charge on any atom is -0.480 e. The van der Waals surface area contributed by atoms with Gasteiger partial charge in [0.05, 0.1) is 0 Å². The van der Waals surface area contributed by atoms with Crippen molar-refractivity contribution in [2.75, 3.05) is 13.2 Å². The van der Waals surface area contributed by atoms with Crippen LogP contribution in [0.4, 0.5) is 4.79 Å². The van der Waals surface area contributed by atoms with Crippen molar-refractivity contribution in [3.05, 3.63) is 0 Å². The highest BCUT2D eigenvalue weighted by molar-refractivity contribution is 5.88. The Morgan fingerprint density at radius 3 is 2.15 bits per heavy atom. The largest absolute Gasteiger partial charge is 0.480 e. The van der Waals surface area contributed by atoms with E-state index < -0.39 is 24.1 Å². The maximum Gasteiger partial charge on any atom is 0.326 e. The van der Waals surface area contributed by atoms with Crippen LogP contribution in [0.5, 0.6) is 0 Å². The second-order valence-corrected chi connectivity index (χ2v) is 4.88. The summed E-state index contributed by atoms with van der Waals surface area (Å²) in [5.74, 6) is -1.30.